The first-order valence-electron chi connectivity index (χ1n) is 5.29. The van der Waals surface area contributed by atoms with Crippen LogP contribution in [0.3, 0.4) is 0 Å². The topological polar surface area (TPSA) is 29.5 Å². The average Bonchev–Trinajstić information content (AvgIpc) is 2.31. The quantitative estimate of drug-likeness (QED) is 0.773. The molecule has 6 heteroatoms. The number of amides is 1. The minimum absolute atomic E-state index is 0.00121. The number of alkyl halides is 1. The molecule has 0 fully saturated rings. The Bertz CT molecular complexity index is 431. The molecule has 0 saturated heterocycles. The van der Waals surface area contributed by atoms with Gasteiger partial charge in [-0.3, -0.25) is 4.79 Å². The van der Waals surface area contributed by atoms with Crippen LogP contribution in [0.5, 0.6) is 0 Å². The number of methoxy groups -OCH3 is 1. The molecule has 18 heavy (non-hydrogen) atoms. The zero-order valence-electron chi connectivity index (χ0n) is 10.1. The molecular weight excluding hydrogens is 324 g/mol. The van der Waals surface area contributed by atoms with Crippen molar-refractivity contribution in [3.8, 4) is 0 Å². The van der Waals surface area contributed by atoms with Gasteiger partial charge < -0.3 is 9.64 Å². The minimum Gasteiger partial charge on any atom is -0.383 e. The molecule has 0 aromatic heterocycles. The zero-order chi connectivity index (χ0) is 13.7. The number of benzene rings is 1. The largest absolute Gasteiger partial charge is 0.383 e. The molecule has 1 unspecified atom stereocenters. The summed E-state index contributed by atoms with van der Waals surface area (Å²) in [6.45, 7) is 0.883. The zero-order valence-corrected chi connectivity index (χ0v) is 12.5. The van der Waals surface area contributed by atoms with E-state index in [0.717, 1.165) is 0 Å². The van der Waals surface area contributed by atoms with Crippen LogP contribution < -0.4 is 0 Å². The monoisotopic (exact) mass is 337 g/mol. The third-order valence-corrected chi connectivity index (χ3v) is 3.11. The fourth-order valence-corrected chi connectivity index (χ4v) is 2.35. The lowest BCUT2D eigenvalue weighted by Crippen LogP contribution is -2.34. The van der Waals surface area contributed by atoms with Gasteiger partial charge in [-0.05, 0) is 18.2 Å². The second kappa shape index (κ2) is 7.07. The summed E-state index contributed by atoms with van der Waals surface area (Å²) >= 11 is 9.13. The Kier molecular flexibility index (Phi) is 6.05. The first-order chi connectivity index (χ1) is 8.45. The minimum atomic E-state index is -0.575. The Morgan fingerprint density at radius 3 is 2.89 bits per heavy atom. The molecule has 0 aliphatic carbocycles. The second-order valence-corrected chi connectivity index (χ2v) is 5.59. The molecule has 1 aromatic rings. The van der Waals surface area contributed by atoms with Gasteiger partial charge in [0.2, 0.25) is 0 Å². The van der Waals surface area contributed by atoms with Crippen LogP contribution in [0.15, 0.2) is 18.2 Å². The molecule has 100 valence electrons. The first kappa shape index (κ1) is 15.4. The van der Waals surface area contributed by atoms with Gasteiger partial charge in [0.25, 0.3) is 5.91 Å². The number of rotatable bonds is 5. The van der Waals surface area contributed by atoms with Gasteiger partial charge >= 0.3 is 0 Å². The molecule has 0 spiro atoms. The molecule has 1 amide bonds. The molecule has 0 heterocycles. The summed E-state index contributed by atoms with van der Waals surface area (Å²) in [6.07, 6.45) is 0. The molecule has 1 rings (SSSR count). The highest BCUT2D eigenvalue weighted by atomic mass is 79.9. The van der Waals surface area contributed by atoms with E-state index in [1.807, 2.05) is 0 Å². The van der Waals surface area contributed by atoms with Crippen molar-refractivity contribution in [3.05, 3.63) is 34.6 Å². The number of ether oxygens (including phenoxy) is 1. The molecule has 0 saturated carbocycles. The van der Waals surface area contributed by atoms with Crippen molar-refractivity contribution < 1.29 is 13.9 Å². The molecule has 0 N–H and O–H groups in total. The van der Waals surface area contributed by atoms with E-state index in [9.17, 15) is 9.18 Å². The fraction of sp³-hybridized carbons (Fsp3) is 0.417. The summed E-state index contributed by atoms with van der Waals surface area (Å²) in [5.74, 6) is -0.982. The highest BCUT2D eigenvalue weighted by Gasteiger charge is 2.18. The SMILES string of the molecule is COCC(Br)CN(C)C(=O)c1cc(Cl)ccc1F. The van der Waals surface area contributed by atoms with Gasteiger partial charge in [0.1, 0.15) is 5.82 Å². The van der Waals surface area contributed by atoms with Crippen LogP contribution >= 0.6 is 27.5 Å². The maximum absolute atomic E-state index is 13.5. The number of hydrogen-bond donors (Lipinski definition) is 0. The van der Waals surface area contributed by atoms with E-state index in [1.54, 1.807) is 14.2 Å². The van der Waals surface area contributed by atoms with Gasteiger partial charge in [-0.1, -0.05) is 27.5 Å². The average molecular weight is 339 g/mol. The maximum atomic E-state index is 13.5. The maximum Gasteiger partial charge on any atom is 0.256 e. The van der Waals surface area contributed by atoms with Crippen molar-refractivity contribution in [2.75, 3.05) is 27.3 Å². The predicted molar refractivity (Wildman–Crippen MR) is 73.0 cm³/mol. The lowest BCUT2D eigenvalue weighted by atomic mass is 10.2. The molecule has 0 bridgehead atoms. The standard InChI is InChI=1S/C12H14BrClFNO2/c1-16(6-8(13)7-18-2)12(17)10-5-9(14)3-4-11(10)15/h3-5,8H,6-7H2,1-2H3. The smallest absolute Gasteiger partial charge is 0.256 e. The van der Waals surface area contributed by atoms with Crippen LogP contribution in [-0.2, 0) is 4.74 Å². The number of halogens is 3. The van der Waals surface area contributed by atoms with Crippen molar-refractivity contribution in [1.82, 2.24) is 4.90 Å². The summed E-state index contributed by atoms with van der Waals surface area (Å²) in [4.78, 5) is 13.4. The first-order valence-corrected chi connectivity index (χ1v) is 6.58. The molecule has 3 nitrogen and oxygen atoms in total. The summed E-state index contributed by atoms with van der Waals surface area (Å²) in [7, 11) is 3.18. The molecule has 1 aromatic carbocycles. The van der Waals surface area contributed by atoms with Crippen molar-refractivity contribution in [2.24, 2.45) is 0 Å². The molecule has 0 aliphatic rings. The van der Waals surface area contributed by atoms with Crippen LogP contribution in [0.25, 0.3) is 0 Å². The van der Waals surface area contributed by atoms with Gasteiger partial charge in [0.15, 0.2) is 0 Å². The second-order valence-electron chi connectivity index (χ2n) is 3.86. The highest BCUT2D eigenvalue weighted by Crippen LogP contribution is 2.17. The summed E-state index contributed by atoms with van der Waals surface area (Å²) in [5.41, 5.74) is -0.0258. The Balaban J connectivity index is 2.77. The van der Waals surface area contributed by atoms with E-state index in [2.05, 4.69) is 15.9 Å². The van der Waals surface area contributed by atoms with Crippen LogP contribution in [0, 0.1) is 5.82 Å². The number of hydrogen-bond acceptors (Lipinski definition) is 2. The van der Waals surface area contributed by atoms with Crippen molar-refractivity contribution in [1.29, 1.82) is 0 Å². The third kappa shape index (κ3) is 4.23. The van der Waals surface area contributed by atoms with Crippen LogP contribution in [0.1, 0.15) is 10.4 Å². The lowest BCUT2D eigenvalue weighted by molar-refractivity contribution is 0.0779. The van der Waals surface area contributed by atoms with Crippen molar-refractivity contribution in [3.63, 3.8) is 0 Å². The number of nitrogens with zero attached hydrogens (tertiary/aromatic N) is 1. The molecule has 1 atom stereocenters. The number of carbonyl (C=O) groups is 1. The Morgan fingerprint density at radius 2 is 2.28 bits per heavy atom. The third-order valence-electron chi connectivity index (χ3n) is 2.32. The Morgan fingerprint density at radius 1 is 1.61 bits per heavy atom. The molecule has 0 radical (unpaired) electrons. The van der Waals surface area contributed by atoms with E-state index in [1.165, 1.54) is 23.1 Å². The van der Waals surface area contributed by atoms with Crippen LogP contribution in [0.2, 0.25) is 5.02 Å². The van der Waals surface area contributed by atoms with E-state index in [4.69, 9.17) is 16.3 Å². The van der Waals surface area contributed by atoms with Gasteiger partial charge in [0, 0.05) is 25.7 Å². The van der Waals surface area contributed by atoms with Gasteiger partial charge in [-0.2, -0.15) is 0 Å². The normalized spacial score (nSPS) is 12.3. The van der Waals surface area contributed by atoms with E-state index in [-0.39, 0.29) is 10.4 Å². The van der Waals surface area contributed by atoms with Crippen LogP contribution in [0.4, 0.5) is 4.39 Å². The predicted octanol–water partition coefficient (Wildman–Crippen LogP) is 2.96. The Hall–Kier alpha value is -0.650. The van der Waals surface area contributed by atoms with Gasteiger partial charge in [-0.15, -0.1) is 0 Å². The fourth-order valence-electron chi connectivity index (χ4n) is 1.48. The van der Waals surface area contributed by atoms with Crippen molar-refractivity contribution >= 4 is 33.4 Å². The van der Waals surface area contributed by atoms with E-state index >= 15 is 0 Å². The lowest BCUT2D eigenvalue weighted by Gasteiger charge is -2.20. The Labute approximate surface area is 119 Å². The molecule has 0 aliphatic heterocycles. The highest BCUT2D eigenvalue weighted by molar-refractivity contribution is 9.09. The van der Waals surface area contributed by atoms with E-state index in [0.29, 0.717) is 18.2 Å². The van der Waals surface area contributed by atoms with Crippen molar-refractivity contribution in [2.45, 2.75) is 4.83 Å². The van der Waals surface area contributed by atoms with Gasteiger partial charge in [0.05, 0.1) is 17.0 Å². The van der Waals surface area contributed by atoms with Crippen LogP contribution in [-0.4, -0.2) is 42.9 Å². The summed E-state index contributed by atoms with van der Waals surface area (Å²) in [6, 6.07) is 3.92. The number of carbonyl (C=O) groups excluding carboxylic acids is 1. The van der Waals surface area contributed by atoms with Gasteiger partial charge in [-0.25, -0.2) is 4.39 Å². The summed E-state index contributed by atoms with van der Waals surface area (Å²) < 4.78 is 18.5. The van der Waals surface area contributed by atoms with E-state index < -0.39 is 11.7 Å². The molecular formula is C12H14BrClFNO2. The summed E-state index contributed by atoms with van der Waals surface area (Å²) in [5, 5.41) is 0.334.